The van der Waals surface area contributed by atoms with E-state index in [1.807, 2.05) is 56.3 Å². The van der Waals surface area contributed by atoms with Crippen molar-refractivity contribution in [2.45, 2.75) is 20.4 Å². The van der Waals surface area contributed by atoms with Crippen molar-refractivity contribution in [1.82, 2.24) is 4.98 Å². The van der Waals surface area contributed by atoms with Crippen LogP contribution in [0.1, 0.15) is 19.4 Å². The highest BCUT2D eigenvalue weighted by atomic mass is 16.5. The molecular weight excluding hydrogens is 344 g/mol. The Labute approximate surface area is 158 Å². The summed E-state index contributed by atoms with van der Waals surface area (Å²) in [5.74, 6) is 2.20. The van der Waals surface area contributed by atoms with Gasteiger partial charge in [0.05, 0.1) is 26.0 Å². The van der Waals surface area contributed by atoms with E-state index < -0.39 is 0 Å². The third-order valence-corrected chi connectivity index (χ3v) is 4.16. The number of fused-ring (bicyclic) bond motifs is 1. The summed E-state index contributed by atoms with van der Waals surface area (Å²) in [7, 11) is 1.62. The first-order valence-corrected chi connectivity index (χ1v) is 8.98. The molecule has 0 aliphatic carbocycles. The van der Waals surface area contributed by atoms with Crippen molar-refractivity contribution in [2.24, 2.45) is 0 Å². The molecule has 27 heavy (non-hydrogen) atoms. The van der Waals surface area contributed by atoms with Crippen LogP contribution in [0, 0.1) is 0 Å². The van der Waals surface area contributed by atoms with E-state index in [0.717, 1.165) is 28.1 Å². The molecule has 6 heteroatoms. The first-order chi connectivity index (χ1) is 13.1. The molecule has 0 bridgehead atoms. The normalized spacial score (nSPS) is 10.6. The molecule has 0 aliphatic heterocycles. The van der Waals surface area contributed by atoms with Crippen LogP contribution in [0.15, 0.2) is 47.3 Å². The minimum atomic E-state index is -0.121. The maximum Gasteiger partial charge on any atom is 0.253 e. The van der Waals surface area contributed by atoms with Crippen molar-refractivity contribution < 1.29 is 14.2 Å². The monoisotopic (exact) mass is 368 g/mol. The molecule has 0 atom stereocenters. The number of ether oxygens (including phenoxy) is 3. The highest BCUT2D eigenvalue weighted by Crippen LogP contribution is 2.30. The van der Waals surface area contributed by atoms with Gasteiger partial charge < -0.3 is 24.5 Å². The second kappa shape index (κ2) is 8.49. The van der Waals surface area contributed by atoms with Gasteiger partial charge in [-0.3, -0.25) is 4.79 Å². The second-order valence-corrected chi connectivity index (χ2v) is 5.95. The van der Waals surface area contributed by atoms with E-state index >= 15 is 0 Å². The molecule has 2 aromatic carbocycles. The third kappa shape index (κ3) is 4.34. The van der Waals surface area contributed by atoms with Gasteiger partial charge in [-0.15, -0.1) is 0 Å². The summed E-state index contributed by atoms with van der Waals surface area (Å²) in [4.78, 5) is 15.3. The first-order valence-electron chi connectivity index (χ1n) is 8.98. The SMILES string of the molecule is CCOc1ccc(NCc2cc3cc(OC)ccc3[nH]c2=O)c(OCC)c1. The number of pyridine rings is 1. The van der Waals surface area contributed by atoms with Crippen molar-refractivity contribution in [3.63, 3.8) is 0 Å². The quantitative estimate of drug-likeness (QED) is 0.630. The lowest BCUT2D eigenvalue weighted by Gasteiger charge is -2.14. The average molecular weight is 368 g/mol. The topological polar surface area (TPSA) is 72.6 Å². The number of hydrogen-bond acceptors (Lipinski definition) is 5. The molecule has 0 radical (unpaired) electrons. The van der Waals surface area contributed by atoms with Gasteiger partial charge in [-0.25, -0.2) is 0 Å². The highest BCUT2D eigenvalue weighted by Gasteiger charge is 2.08. The number of benzene rings is 2. The van der Waals surface area contributed by atoms with Crippen molar-refractivity contribution in [3.05, 3.63) is 58.4 Å². The molecule has 0 fully saturated rings. The van der Waals surface area contributed by atoms with Crippen LogP contribution in [-0.2, 0) is 6.54 Å². The average Bonchev–Trinajstić information content (AvgIpc) is 2.67. The molecule has 1 aromatic heterocycles. The Morgan fingerprint density at radius 2 is 1.74 bits per heavy atom. The van der Waals surface area contributed by atoms with E-state index in [1.165, 1.54) is 0 Å². The Morgan fingerprint density at radius 3 is 2.48 bits per heavy atom. The Kier molecular flexibility index (Phi) is 5.86. The Balaban J connectivity index is 1.85. The largest absolute Gasteiger partial charge is 0.497 e. The van der Waals surface area contributed by atoms with Gasteiger partial charge in [0.2, 0.25) is 0 Å². The number of aromatic nitrogens is 1. The molecule has 3 aromatic rings. The maximum absolute atomic E-state index is 12.4. The van der Waals surface area contributed by atoms with Crippen LogP contribution >= 0.6 is 0 Å². The van der Waals surface area contributed by atoms with Gasteiger partial charge >= 0.3 is 0 Å². The standard InChI is InChI=1S/C21H24N2O4/c1-4-26-17-7-9-19(20(12-17)27-5-2)22-13-15-10-14-11-16(25-3)6-8-18(14)23-21(15)24/h6-12,22H,4-5,13H2,1-3H3,(H,23,24). The van der Waals surface area contributed by atoms with Gasteiger partial charge in [-0.2, -0.15) is 0 Å². The molecule has 6 nitrogen and oxygen atoms in total. The molecule has 3 rings (SSSR count). The van der Waals surface area contributed by atoms with Gasteiger partial charge in [-0.05, 0) is 50.2 Å². The number of methoxy groups -OCH3 is 1. The summed E-state index contributed by atoms with van der Waals surface area (Å²) < 4.78 is 16.5. The fourth-order valence-electron chi connectivity index (χ4n) is 2.86. The number of rotatable bonds is 8. The van der Waals surface area contributed by atoms with E-state index in [4.69, 9.17) is 14.2 Å². The van der Waals surface area contributed by atoms with E-state index in [1.54, 1.807) is 7.11 Å². The number of hydrogen-bond donors (Lipinski definition) is 2. The zero-order valence-corrected chi connectivity index (χ0v) is 15.8. The van der Waals surface area contributed by atoms with Crippen molar-refractivity contribution in [1.29, 1.82) is 0 Å². The van der Waals surface area contributed by atoms with E-state index in [2.05, 4.69) is 10.3 Å². The van der Waals surface area contributed by atoms with Gasteiger partial charge in [0.15, 0.2) is 0 Å². The van der Waals surface area contributed by atoms with Gasteiger partial charge in [-0.1, -0.05) is 0 Å². The van der Waals surface area contributed by atoms with Crippen LogP contribution in [0.3, 0.4) is 0 Å². The number of aromatic amines is 1. The number of H-pyrrole nitrogens is 1. The van der Waals surface area contributed by atoms with Crippen molar-refractivity contribution in [3.8, 4) is 17.2 Å². The highest BCUT2D eigenvalue weighted by molar-refractivity contribution is 5.80. The summed E-state index contributed by atoms with van der Waals surface area (Å²) in [6.07, 6.45) is 0. The molecular formula is C21H24N2O4. The lowest BCUT2D eigenvalue weighted by Crippen LogP contribution is -2.16. The summed E-state index contributed by atoms with van der Waals surface area (Å²) in [5.41, 5.74) is 2.10. The molecule has 0 saturated carbocycles. The first kappa shape index (κ1) is 18.6. The minimum absolute atomic E-state index is 0.121. The van der Waals surface area contributed by atoms with Crippen LogP contribution in [0.2, 0.25) is 0 Å². The Bertz CT molecular complexity index is 982. The summed E-state index contributed by atoms with van der Waals surface area (Å²) in [5, 5.41) is 4.20. The molecule has 142 valence electrons. The van der Waals surface area contributed by atoms with E-state index in [0.29, 0.717) is 31.1 Å². The zero-order chi connectivity index (χ0) is 19.2. The number of anilines is 1. The van der Waals surface area contributed by atoms with Crippen molar-refractivity contribution >= 4 is 16.6 Å². The van der Waals surface area contributed by atoms with Crippen LogP contribution in [0.4, 0.5) is 5.69 Å². The van der Waals surface area contributed by atoms with Gasteiger partial charge in [0, 0.05) is 29.1 Å². The molecule has 0 spiro atoms. The molecule has 0 unspecified atom stereocenters. The minimum Gasteiger partial charge on any atom is -0.497 e. The Morgan fingerprint density at radius 1 is 0.963 bits per heavy atom. The van der Waals surface area contributed by atoms with Crippen LogP contribution in [-0.4, -0.2) is 25.3 Å². The third-order valence-electron chi connectivity index (χ3n) is 4.16. The zero-order valence-electron chi connectivity index (χ0n) is 15.8. The summed E-state index contributed by atoms with van der Waals surface area (Å²) in [6.45, 7) is 5.37. The molecule has 1 heterocycles. The molecule has 0 amide bonds. The van der Waals surface area contributed by atoms with Crippen LogP contribution in [0.5, 0.6) is 17.2 Å². The number of nitrogens with one attached hydrogen (secondary N) is 2. The Hall–Kier alpha value is -3.15. The fraction of sp³-hybridized carbons (Fsp3) is 0.286. The van der Waals surface area contributed by atoms with Crippen LogP contribution < -0.4 is 25.1 Å². The fourth-order valence-corrected chi connectivity index (χ4v) is 2.86. The predicted octanol–water partition coefficient (Wildman–Crippen LogP) is 3.95. The van der Waals surface area contributed by atoms with Crippen LogP contribution in [0.25, 0.3) is 10.9 Å². The van der Waals surface area contributed by atoms with Gasteiger partial charge in [0.25, 0.3) is 5.56 Å². The lowest BCUT2D eigenvalue weighted by molar-refractivity contribution is 0.324. The summed E-state index contributed by atoms with van der Waals surface area (Å²) in [6, 6.07) is 13.1. The summed E-state index contributed by atoms with van der Waals surface area (Å²) >= 11 is 0. The maximum atomic E-state index is 12.4. The molecule has 2 N–H and O–H groups in total. The van der Waals surface area contributed by atoms with Gasteiger partial charge in [0.1, 0.15) is 17.2 Å². The predicted molar refractivity (Wildman–Crippen MR) is 107 cm³/mol. The lowest BCUT2D eigenvalue weighted by atomic mass is 10.1. The molecule has 0 aliphatic rings. The molecule has 0 saturated heterocycles. The smallest absolute Gasteiger partial charge is 0.253 e. The van der Waals surface area contributed by atoms with E-state index in [9.17, 15) is 4.79 Å². The van der Waals surface area contributed by atoms with Crippen molar-refractivity contribution in [2.75, 3.05) is 25.6 Å². The second-order valence-electron chi connectivity index (χ2n) is 5.95. The van der Waals surface area contributed by atoms with E-state index in [-0.39, 0.29) is 5.56 Å².